The molecule has 1 heterocycles. The number of carbonyl (C=O) groups excluding carboxylic acids is 1. The molecule has 1 rings (SSSR count). The highest BCUT2D eigenvalue weighted by Crippen LogP contribution is 2.16. The first kappa shape index (κ1) is 12.2. The summed E-state index contributed by atoms with van der Waals surface area (Å²) in [6.45, 7) is 2.84. The number of hydrogen-bond donors (Lipinski definition) is 1. The van der Waals surface area contributed by atoms with Crippen molar-refractivity contribution in [3.05, 3.63) is 21.9 Å². The number of nitrogens with one attached hydrogen (secondary N) is 1. The van der Waals surface area contributed by atoms with Crippen LogP contribution >= 0.6 is 11.3 Å². The summed E-state index contributed by atoms with van der Waals surface area (Å²) in [6, 6.07) is 1.95. The summed E-state index contributed by atoms with van der Waals surface area (Å²) in [5.41, 5.74) is 3.43. The average Bonchev–Trinajstić information content (AvgIpc) is 2.72. The number of aryl methyl sites for hydroxylation is 1. The van der Waals surface area contributed by atoms with Crippen molar-refractivity contribution in [2.24, 2.45) is 0 Å². The van der Waals surface area contributed by atoms with Gasteiger partial charge in [0.1, 0.15) is 0 Å². The molecule has 0 aliphatic carbocycles. The van der Waals surface area contributed by atoms with Crippen LogP contribution in [-0.2, 0) is 16.0 Å². The third kappa shape index (κ3) is 3.62. The van der Waals surface area contributed by atoms with Crippen molar-refractivity contribution in [2.45, 2.75) is 13.3 Å². The Morgan fingerprint density at radius 2 is 2.33 bits per heavy atom. The van der Waals surface area contributed by atoms with Crippen molar-refractivity contribution in [3.63, 3.8) is 0 Å². The zero-order valence-electron chi connectivity index (χ0n) is 8.91. The molecule has 1 aromatic rings. The van der Waals surface area contributed by atoms with Gasteiger partial charge in [-0.1, -0.05) is 6.92 Å². The fraction of sp³-hybridized carbons (Fsp3) is 0.500. The molecule has 0 aromatic carbocycles. The monoisotopic (exact) mass is 229 g/mol. The molecular formula is C10H15NO3S. The van der Waals surface area contributed by atoms with Gasteiger partial charge in [0.15, 0.2) is 0 Å². The van der Waals surface area contributed by atoms with Crippen molar-refractivity contribution >= 4 is 17.2 Å². The largest absolute Gasteiger partial charge is 0.382 e. The Hall–Kier alpha value is -0.910. The van der Waals surface area contributed by atoms with E-state index in [4.69, 9.17) is 9.57 Å². The number of carbonyl (C=O) groups is 1. The second-order valence-corrected chi connectivity index (χ2v) is 3.82. The smallest absolute Gasteiger partial charge is 0.285 e. The van der Waals surface area contributed by atoms with Crippen LogP contribution in [0.1, 0.15) is 22.2 Å². The second-order valence-electron chi connectivity index (χ2n) is 2.90. The summed E-state index contributed by atoms with van der Waals surface area (Å²) >= 11 is 1.42. The van der Waals surface area contributed by atoms with Gasteiger partial charge in [0.25, 0.3) is 5.91 Å². The van der Waals surface area contributed by atoms with Crippen molar-refractivity contribution in [2.75, 3.05) is 20.3 Å². The maximum Gasteiger partial charge on any atom is 0.285 e. The normalized spacial score (nSPS) is 10.3. The van der Waals surface area contributed by atoms with Crippen LogP contribution in [-0.4, -0.2) is 26.2 Å². The minimum absolute atomic E-state index is 0.182. The lowest BCUT2D eigenvalue weighted by Crippen LogP contribution is -2.25. The molecule has 1 amide bonds. The quantitative estimate of drug-likeness (QED) is 0.595. The van der Waals surface area contributed by atoms with Crippen LogP contribution in [0.15, 0.2) is 11.4 Å². The fourth-order valence-electron chi connectivity index (χ4n) is 1.10. The maximum atomic E-state index is 11.6. The summed E-state index contributed by atoms with van der Waals surface area (Å²) < 4.78 is 4.79. The number of ether oxygens (including phenoxy) is 1. The van der Waals surface area contributed by atoms with Crippen molar-refractivity contribution in [1.82, 2.24) is 5.48 Å². The Labute approximate surface area is 93.2 Å². The highest BCUT2D eigenvalue weighted by atomic mass is 32.1. The topological polar surface area (TPSA) is 47.6 Å². The zero-order valence-corrected chi connectivity index (χ0v) is 9.73. The van der Waals surface area contributed by atoms with Gasteiger partial charge in [-0.2, -0.15) is 0 Å². The number of amides is 1. The number of thiophene rings is 1. The van der Waals surface area contributed by atoms with Gasteiger partial charge < -0.3 is 4.74 Å². The summed E-state index contributed by atoms with van der Waals surface area (Å²) in [5, 5.41) is 1.91. The lowest BCUT2D eigenvalue weighted by molar-refractivity contribution is 0.00910. The molecule has 0 atom stereocenters. The molecule has 15 heavy (non-hydrogen) atoms. The van der Waals surface area contributed by atoms with E-state index in [0.717, 1.165) is 16.9 Å². The van der Waals surface area contributed by atoms with Gasteiger partial charge in [0.2, 0.25) is 0 Å². The molecule has 0 spiro atoms. The van der Waals surface area contributed by atoms with Crippen molar-refractivity contribution in [3.8, 4) is 0 Å². The van der Waals surface area contributed by atoms with E-state index < -0.39 is 0 Å². The second kappa shape index (κ2) is 6.55. The number of hydrogen-bond acceptors (Lipinski definition) is 4. The SMILES string of the molecule is CCc1ccsc1C(=O)NOCCOC. The lowest BCUT2D eigenvalue weighted by Gasteiger charge is -2.04. The minimum atomic E-state index is -0.182. The summed E-state index contributed by atoms with van der Waals surface area (Å²) in [4.78, 5) is 17.2. The number of hydroxylamine groups is 1. The molecule has 0 aliphatic heterocycles. The fourth-order valence-corrected chi connectivity index (χ4v) is 1.98. The van der Waals surface area contributed by atoms with Crippen LogP contribution in [0.3, 0.4) is 0 Å². The zero-order chi connectivity index (χ0) is 11.1. The van der Waals surface area contributed by atoms with E-state index in [9.17, 15) is 4.79 Å². The van der Waals surface area contributed by atoms with Crippen LogP contribution in [0.2, 0.25) is 0 Å². The van der Waals surface area contributed by atoms with Crippen LogP contribution < -0.4 is 5.48 Å². The first-order valence-corrected chi connectivity index (χ1v) is 5.65. The van der Waals surface area contributed by atoms with Gasteiger partial charge in [0.05, 0.1) is 18.1 Å². The molecule has 0 unspecified atom stereocenters. The molecule has 0 saturated carbocycles. The molecule has 5 heteroatoms. The summed E-state index contributed by atoms with van der Waals surface area (Å²) in [6.07, 6.45) is 0.852. The van der Waals surface area contributed by atoms with Gasteiger partial charge in [-0.15, -0.1) is 11.3 Å². The number of rotatable bonds is 6. The van der Waals surface area contributed by atoms with Gasteiger partial charge >= 0.3 is 0 Å². The third-order valence-corrected chi connectivity index (χ3v) is 2.84. The molecule has 0 fully saturated rings. The molecule has 0 radical (unpaired) electrons. The molecule has 1 aromatic heterocycles. The Balaban J connectivity index is 2.40. The van der Waals surface area contributed by atoms with Crippen LogP contribution in [0, 0.1) is 0 Å². The maximum absolute atomic E-state index is 11.6. The minimum Gasteiger partial charge on any atom is -0.382 e. The van der Waals surface area contributed by atoms with E-state index in [1.807, 2.05) is 18.4 Å². The Morgan fingerprint density at radius 3 is 3.00 bits per heavy atom. The Kier molecular flexibility index (Phi) is 5.31. The van der Waals surface area contributed by atoms with Crippen LogP contribution in [0.25, 0.3) is 0 Å². The van der Waals surface area contributed by atoms with Gasteiger partial charge in [0, 0.05) is 7.11 Å². The van der Waals surface area contributed by atoms with E-state index in [1.165, 1.54) is 11.3 Å². The average molecular weight is 229 g/mol. The molecule has 0 saturated heterocycles. The predicted octanol–water partition coefficient (Wildman–Crippen LogP) is 1.62. The molecule has 0 bridgehead atoms. The van der Waals surface area contributed by atoms with Crippen molar-refractivity contribution in [1.29, 1.82) is 0 Å². The molecular weight excluding hydrogens is 214 g/mol. The van der Waals surface area contributed by atoms with E-state index in [2.05, 4.69) is 5.48 Å². The van der Waals surface area contributed by atoms with E-state index >= 15 is 0 Å². The van der Waals surface area contributed by atoms with Crippen molar-refractivity contribution < 1.29 is 14.4 Å². The Morgan fingerprint density at radius 1 is 1.53 bits per heavy atom. The molecule has 4 nitrogen and oxygen atoms in total. The first-order valence-electron chi connectivity index (χ1n) is 4.77. The van der Waals surface area contributed by atoms with Gasteiger partial charge in [-0.25, -0.2) is 5.48 Å². The lowest BCUT2D eigenvalue weighted by atomic mass is 10.2. The molecule has 0 aliphatic rings. The summed E-state index contributed by atoms with van der Waals surface area (Å²) in [5.74, 6) is -0.182. The first-order chi connectivity index (χ1) is 7.29. The summed E-state index contributed by atoms with van der Waals surface area (Å²) in [7, 11) is 1.58. The molecule has 84 valence electrons. The van der Waals surface area contributed by atoms with E-state index in [1.54, 1.807) is 7.11 Å². The highest BCUT2D eigenvalue weighted by molar-refractivity contribution is 7.12. The van der Waals surface area contributed by atoms with E-state index in [0.29, 0.717) is 13.2 Å². The highest BCUT2D eigenvalue weighted by Gasteiger charge is 2.11. The standard InChI is InChI=1S/C10H15NO3S/c1-3-8-4-7-15-9(8)10(12)11-14-6-5-13-2/h4,7H,3,5-6H2,1-2H3,(H,11,12). The van der Waals surface area contributed by atoms with Gasteiger partial charge in [-0.05, 0) is 23.4 Å². The van der Waals surface area contributed by atoms with Gasteiger partial charge in [-0.3, -0.25) is 9.63 Å². The third-order valence-electron chi connectivity index (χ3n) is 1.89. The van der Waals surface area contributed by atoms with Crippen LogP contribution in [0.4, 0.5) is 0 Å². The number of methoxy groups -OCH3 is 1. The predicted molar refractivity (Wildman–Crippen MR) is 59.0 cm³/mol. The Bertz CT molecular complexity index is 311. The molecule has 1 N–H and O–H groups in total. The van der Waals surface area contributed by atoms with E-state index in [-0.39, 0.29) is 5.91 Å². The van der Waals surface area contributed by atoms with Crippen LogP contribution in [0.5, 0.6) is 0 Å².